The van der Waals surface area contributed by atoms with Crippen LogP contribution in [-0.4, -0.2) is 51.8 Å². The molecule has 1 N–H and O–H groups in total. The molecule has 27 heavy (non-hydrogen) atoms. The predicted molar refractivity (Wildman–Crippen MR) is 110 cm³/mol. The van der Waals surface area contributed by atoms with Crippen LogP contribution in [0.3, 0.4) is 0 Å². The molecule has 0 atom stereocenters. The fraction of sp³-hybridized carbons (Fsp3) is 0.316. The first-order chi connectivity index (χ1) is 12.7. The van der Waals surface area contributed by atoms with Crippen molar-refractivity contribution in [3.8, 4) is 16.3 Å². The Morgan fingerprint density at radius 1 is 1.26 bits per heavy atom. The molecular formula is C19H22ClN5OS. The maximum Gasteiger partial charge on any atom is 0.273 e. The molecule has 2 aromatic heterocycles. The smallest absolute Gasteiger partial charge is 0.273 e. The Morgan fingerprint density at radius 2 is 2.00 bits per heavy atom. The molecule has 1 saturated heterocycles. The zero-order valence-corrected chi connectivity index (χ0v) is 16.7. The summed E-state index contributed by atoms with van der Waals surface area (Å²) in [5.74, 6) is -0.00477. The quantitative estimate of drug-likeness (QED) is 0.726. The minimum Gasteiger partial charge on any atom is -0.337 e. The van der Waals surface area contributed by atoms with Gasteiger partial charge in [-0.2, -0.15) is 5.10 Å². The predicted octanol–water partition coefficient (Wildman–Crippen LogP) is 3.24. The van der Waals surface area contributed by atoms with E-state index < -0.39 is 0 Å². The number of rotatable bonds is 4. The van der Waals surface area contributed by atoms with E-state index in [1.54, 1.807) is 6.20 Å². The number of aromatic nitrogens is 3. The van der Waals surface area contributed by atoms with Crippen molar-refractivity contribution >= 4 is 29.7 Å². The summed E-state index contributed by atoms with van der Waals surface area (Å²) in [5, 5.41) is 10.4. The first-order valence-corrected chi connectivity index (χ1v) is 9.64. The Labute approximate surface area is 168 Å². The van der Waals surface area contributed by atoms with E-state index in [1.165, 1.54) is 11.3 Å². The van der Waals surface area contributed by atoms with Crippen molar-refractivity contribution in [1.82, 2.24) is 25.0 Å². The van der Waals surface area contributed by atoms with Gasteiger partial charge in [-0.05, 0) is 38.1 Å². The Morgan fingerprint density at radius 3 is 2.74 bits per heavy atom. The van der Waals surface area contributed by atoms with Crippen LogP contribution in [0, 0.1) is 0 Å². The van der Waals surface area contributed by atoms with Crippen LogP contribution in [0.5, 0.6) is 0 Å². The first kappa shape index (κ1) is 19.5. The topological polar surface area (TPSA) is 63.1 Å². The lowest BCUT2D eigenvalue weighted by Gasteiger charge is -2.31. The molecular weight excluding hydrogens is 382 g/mol. The largest absolute Gasteiger partial charge is 0.337 e. The van der Waals surface area contributed by atoms with E-state index in [0.717, 1.165) is 42.2 Å². The summed E-state index contributed by atoms with van der Waals surface area (Å²) in [6.07, 6.45) is 5.71. The van der Waals surface area contributed by atoms with Crippen LogP contribution in [0.15, 0.2) is 48.1 Å². The highest BCUT2D eigenvalue weighted by molar-refractivity contribution is 7.13. The van der Waals surface area contributed by atoms with Crippen LogP contribution >= 0.6 is 23.7 Å². The number of thiazole rings is 1. The second-order valence-corrected chi connectivity index (χ2v) is 7.30. The standard InChI is InChI=1S/C19H21N5OS.ClH/c1-23(15-7-9-20-10-8-15)19(25)17-13-26-18(22-17)14-11-21-24(12-14)16-5-3-2-4-6-16;/h2-6,11-13,15,20H,7-10H2,1H3;1H. The maximum atomic E-state index is 12.7. The van der Waals surface area contributed by atoms with Gasteiger partial charge < -0.3 is 10.2 Å². The number of hydrogen-bond donors (Lipinski definition) is 1. The third-order valence-corrected chi connectivity index (χ3v) is 5.64. The summed E-state index contributed by atoms with van der Waals surface area (Å²) in [4.78, 5) is 19.1. The molecule has 0 aliphatic carbocycles. The van der Waals surface area contributed by atoms with Crippen LogP contribution in [0.4, 0.5) is 0 Å². The highest BCUT2D eigenvalue weighted by Crippen LogP contribution is 2.25. The first-order valence-electron chi connectivity index (χ1n) is 8.76. The Bertz CT molecular complexity index is 888. The maximum absolute atomic E-state index is 12.7. The fourth-order valence-corrected chi connectivity index (χ4v) is 3.97. The SMILES string of the molecule is CN(C(=O)c1csc(-c2cnn(-c3ccccc3)c2)n1)C1CCNCC1.Cl. The van der Waals surface area contributed by atoms with Crippen molar-refractivity contribution in [3.05, 3.63) is 53.8 Å². The summed E-state index contributed by atoms with van der Waals surface area (Å²) in [6.45, 7) is 1.92. The average molecular weight is 404 g/mol. The molecule has 1 aliphatic rings. The average Bonchev–Trinajstić information content (AvgIpc) is 3.38. The Hall–Kier alpha value is -2.22. The number of hydrogen-bond acceptors (Lipinski definition) is 5. The van der Waals surface area contributed by atoms with Gasteiger partial charge in [-0.3, -0.25) is 4.79 Å². The van der Waals surface area contributed by atoms with Gasteiger partial charge in [0.1, 0.15) is 10.7 Å². The van der Waals surface area contributed by atoms with Gasteiger partial charge in [-0.25, -0.2) is 9.67 Å². The summed E-state index contributed by atoms with van der Waals surface area (Å²) in [5.41, 5.74) is 2.43. The molecule has 6 nitrogen and oxygen atoms in total. The summed E-state index contributed by atoms with van der Waals surface area (Å²) in [7, 11) is 1.88. The highest BCUT2D eigenvalue weighted by Gasteiger charge is 2.24. The fourth-order valence-electron chi connectivity index (χ4n) is 3.20. The van der Waals surface area contributed by atoms with Crippen molar-refractivity contribution in [2.45, 2.75) is 18.9 Å². The number of para-hydroxylation sites is 1. The minimum atomic E-state index is -0.00477. The van der Waals surface area contributed by atoms with E-state index in [1.807, 2.05) is 58.5 Å². The molecule has 3 heterocycles. The number of halogens is 1. The summed E-state index contributed by atoms with van der Waals surface area (Å²) >= 11 is 1.48. The van der Waals surface area contributed by atoms with Gasteiger partial charge in [-0.1, -0.05) is 18.2 Å². The molecule has 0 radical (unpaired) electrons. The lowest BCUT2D eigenvalue weighted by Crippen LogP contribution is -2.44. The van der Waals surface area contributed by atoms with E-state index >= 15 is 0 Å². The molecule has 0 bridgehead atoms. The van der Waals surface area contributed by atoms with Crippen molar-refractivity contribution in [2.24, 2.45) is 0 Å². The third kappa shape index (κ3) is 4.21. The van der Waals surface area contributed by atoms with Gasteiger partial charge in [0, 0.05) is 30.2 Å². The molecule has 1 aliphatic heterocycles. The molecule has 0 unspecified atom stereocenters. The van der Waals surface area contributed by atoms with E-state index in [2.05, 4.69) is 15.4 Å². The third-order valence-electron chi connectivity index (χ3n) is 4.75. The van der Waals surface area contributed by atoms with Gasteiger partial charge in [-0.15, -0.1) is 23.7 Å². The monoisotopic (exact) mass is 403 g/mol. The molecule has 1 amide bonds. The molecule has 1 fully saturated rings. The van der Waals surface area contributed by atoms with E-state index in [4.69, 9.17) is 0 Å². The highest BCUT2D eigenvalue weighted by atomic mass is 35.5. The van der Waals surface area contributed by atoms with Gasteiger partial charge in [0.2, 0.25) is 0 Å². The van der Waals surface area contributed by atoms with Gasteiger partial charge >= 0.3 is 0 Å². The number of carbonyl (C=O) groups is 1. The summed E-state index contributed by atoms with van der Waals surface area (Å²) in [6, 6.07) is 10.2. The van der Waals surface area contributed by atoms with Crippen LogP contribution in [0.2, 0.25) is 0 Å². The van der Waals surface area contributed by atoms with Crippen molar-refractivity contribution in [3.63, 3.8) is 0 Å². The van der Waals surface area contributed by atoms with Crippen LogP contribution in [0.25, 0.3) is 16.3 Å². The normalized spacial score (nSPS) is 14.6. The number of piperidine rings is 1. The van der Waals surface area contributed by atoms with Gasteiger partial charge in [0.15, 0.2) is 0 Å². The zero-order valence-electron chi connectivity index (χ0n) is 15.0. The number of nitrogens with zero attached hydrogens (tertiary/aromatic N) is 4. The van der Waals surface area contributed by atoms with E-state index in [9.17, 15) is 4.79 Å². The number of benzene rings is 1. The number of amides is 1. The summed E-state index contributed by atoms with van der Waals surface area (Å²) < 4.78 is 1.82. The molecule has 0 spiro atoms. The molecule has 1 aromatic carbocycles. The van der Waals surface area contributed by atoms with E-state index in [-0.39, 0.29) is 24.4 Å². The zero-order chi connectivity index (χ0) is 17.9. The van der Waals surface area contributed by atoms with Crippen molar-refractivity contribution in [1.29, 1.82) is 0 Å². The lowest BCUT2D eigenvalue weighted by atomic mass is 10.1. The molecule has 4 rings (SSSR count). The second kappa shape index (κ2) is 8.65. The molecule has 3 aromatic rings. The second-order valence-electron chi connectivity index (χ2n) is 6.44. The van der Waals surface area contributed by atoms with Crippen LogP contribution < -0.4 is 5.32 Å². The minimum absolute atomic E-state index is 0. The van der Waals surface area contributed by atoms with Crippen LogP contribution in [-0.2, 0) is 0 Å². The molecule has 8 heteroatoms. The Balaban J connectivity index is 0.00000210. The molecule has 142 valence electrons. The van der Waals surface area contributed by atoms with E-state index in [0.29, 0.717) is 5.69 Å². The van der Waals surface area contributed by atoms with Crippen LogP contribution in [0.1, 0.15) is 23.3 Å². The van der Waals surface area contributed by atoms with Crippen molar-refractivity contribution < 1.29 is 4.79 Å². The number of carbonyl (C=O) groups excluding carboxylic acids is 1. The Kier molecular flexibility index (Phi) is 6.26. The van der Waals surface area contributed by atoms with Gasteiger partial charge in [0.05, 0.1) is 11.9 Å². The lowest BCUT2D eigenvalue weighted by molar-refractivity contribution is 0.0698. The van der Waals surface area contributed by atoms with Gasteiger partial charge in [0.25, 0.3) is 5.91 Å². The number of nitrogens with one attached hydrogen (secondary N) is 1. The molecule has 0 saturated carbocycles. The van der Waals surface area contributed by atoms with Crippen molar-refractivity contribution in [2.75, 3.05) is 20.1 Å².